The molecule has 1 aliphatic heterocycles. The second kappa shape index (κ2) is 7.82. The van der Waals surface area contributed by atoms with Crippen molar-refractivity contribution < 1.29 is 22.4 Å². The molecule has 0 unspecified atom stereocenters. The normalized spacial score (nSPS) is 14.7. The molecule has 0 saturated carbocycles. The summed E-state index contributed by atoms with van der Waals surface area (Å²) in [5.74, 6) is 0.0771. The number of H-pyrrole nitrogens is 1. The Morgan fingerprint density at radius 2 is 1.87 bits per heavy atom. The average Bonchev–Trinajstić information content (AvgIpc) is 3.23. The SMILES string of the molecule is Nc1[nH]c(=O)ncc1N1CCN(C(=O)c2ccc(-c3cccc(C(F)(F)F)c3)o2)CC1. The van der Waals surface area contributed by atoms with Crippen molar-refractivity contribution in [3.8, 4) is 11.3 Å². The highest BCUT2D eigenvalue weighted by molar-refractivity contribution is 5.92. The molecule has 2 aromatic heterocycles. The highest BCUT2D eigenvalue weighted by Gasteiger charge is 2.31. The first-order valence-corrected chi connectivity index (χ1v) is 9.39. The minimum Gasteiger partial charge on any atom is -0.451 e. The number of piperazine rings is 1. The van der Waals surface area contributed by atoms with Gasteiger partial charge in [0.15, 0.2) is 5.76 Å². The van der Waals surface area contributed by atoms with E-state index in [0.717, 1.165) is 12.1 Å². The summed E-state index contributed by atoms with van der Waals surface area (Å²) in [6.07, 6.45) is -3.08. The van der Waals surface area contributed by atoms with Crippen molar-refractivity contribution >= 4 is 17.4 Å². The van der Waals surface area contributed by atoms with E-state index >= 15 is 0 Å². The predicted molar refractivity (Wildman–Crippen MR) is 107 cm³/mol. The molecule has 1 fully saturated rings. The molecule has 162 valence electrons. The zero-order valence-corrected chi connectivity index (χ0v) is 16.1. The molecule has 11 heteroatoms. The standard InChI is InChI=1S/C20H18F3N5O3/c21-20(22,23)13-3-1-2-12(10-13)15-4-5-16(31-15)18(29)28-8-6-27(7-9-28)14-11-25-19(30)26-17(14)24/h1-5,10-11H,6-9H2,(H3,24,25,26,30). The maximum Gasteiger partial charge on any atom is 0.416 e. The van der Waals surface area contributed by atoms with Crippen LogP contribution in [0, 0.1) is 0 Å². The number of furan rings is 1. The van der Waals surface area contributed by atoms with Gasteiger partial charge in [0, 0.05) is 31.7 Å². The van der Waals surface area contributed by atoms with E-state index < -0.39 is 17.4 Å². The van der Waals surface area contributed by atoms with Gasteiger partial charge in [0.05, 0.1) is 17.4 Å². The number of nitrogens with one attached hydrogen (secondary N) is 1. The van der Waals surface area contributed by atoms with Gasteiger partial charge in [0.25, 0.3) is 5.91 Å². The molecule has 1 saturated heterocycles. The van der Waals surface area contributed by atoms with Gasteiger partial charge in [-0.25, -0.2) is 4.79 Å². The number of benzene rings is 1. The Kier molecular flexibility index (Phi) is 5.17. The largest absolute Gasteiger partial charge is 0.451 e. The minimum atomic E-state index is -4.47. The van der Waals surface area contributed by atoms with E-state index in [9.17, 15) is 22.8 Å². The predicted octanol–water partition coefficient (Wildman–Crippen LogP) is 2.59. The molecular weight excluding hydrogens is 415 g/mol. The number of hydrogen-bond acceptors (Lipinski definition) is 6. The van der Waals surface area contributed by atoms with Crippen LogP contribution in [0.5, 0.6) is 0 Å². The molecule has 0 bridgehead atoms. The minimum absolute atomic E-state index is 0.0473. The van der Waals surface area contributed by atoms with E-state index in [1.807, 2.05) is 4.90 Å². The maximum absolute atomic E-state index is 12.9. The second-order valence-corrected chi connectivity index (χ2v) is 7.01. The van der Waals surface area contributed by atoms with Crippen LogP contribution in [0.4, 0.5) is 24.7 Å². The maximum atomic E-state index is 12.9. The molecule has 0 atom stereocenters. The fourth-order valence-corrected chi connectivity index (χ4v) is 3.42. The van der Waals surface area contributed by atoms with Crippen LogP contribution in [0.3, 0.4) is 0 Å². The number of nitrogens with two attached hydrogens (primary N) is 1. The summed E-state index contributed by atoms with van der Waals surface area (Å²) in [6.45, 7) is 1.67. The van der Waals surface area contributed by atoms with Crippen LogP contribution in [-0.2, 0) is 6.18 Å². The Balaban J connectivity index is 1.45. The summed E-state index contributed by atoms with van der Waals surface area (Å²) in [7, 11) is 0. The number of aromatic amines is 1. The molecule has 1 aromatic carbocycles. The molecule has 0 aliphatic carbocycles. The Morgan fingerprint density at radius 3 is 2.55 bits per heavy atom. The number of aromatic nitrogens is 2. The lowest BCUT2D eigenvalue weighted by Crippen LogP contribution is -2.49. The third-order valence-corrected chi connectivity index (χ3v) is 5.02. The van der Waals surface area contributed by atoms with Crippen molar-refractivity contribution in [2.45, 2.75) is 6.18 Å². The molecule has 3 aromatic rings. The summed E-state index contributed by atoms with van der Waals surface area (Å²) in [4.78, 5) is 33.6. The molecule has 8 nitrogen and oxygen atoms in total. The van der Waals surface area contributed by atoms with E-state index in [4.69, 9.17) is 10.2 Å². The molecule has 31 heavy (non-hydrogen) atoms. The Labute approximate surface area is 174 Å². The van der Waals surface area contributed by atoms with Gasteiger partial charge in [-0.15, -0.1) is 0 Å². The van der Waals surface area contributed by atoms with Gasteiger partial charge in [0.2, 0.25) is 0 Å². The topological polar surface area (TPSA) is 108 Å². The fraction of sp³-hybridized carbons (Fsp3) is 0.250. The van der Waals surface area contributed by atoms with Crippen LogP contribution in [0.25, 0.3) is 11.3 Å². The number of amides is 1. The highest BCUT2D eigenvalue weighted by Crippen LogP contribution is 2.33. The number of halogens is 3. The summed E-state index contributed by atoms with van der Waals surface area (Å²) in [5, 5.41) is 0. The summed E-state index contributed by atoms with van der Waals surface area (Å²) >= 11 is 0. The monoisotopic (exact) mass is 433 g/mol. The first-order valence-electron chi connectivity index (χ1n) is 9.39. The third-order valence-electron chi connectivity index (χ3n) is 5.02. The molecule has 0 radical (unpaired) electrons. The number of hydrogen-bond donors (Lipinski definition) is 2. The van der Waals surface area contributed by atoms with Crippen LogP contribution in [0.1, 0.15) is 16.1 Å². The van der Waals surface area contributed by atoms with E-state index in [1.165, 1.54) is 30.5 Å². The van der Waals surface area contributed by atoms with Crippen molar-refractivity contribution in [1.82, 2.24) is 14.9 Å². The smallest absolute Gasteiger partial charge is 0.416 e. The van der Waals surface area contributed by atoms with E-state index in [-0.39, 0.29) is 28.8 Å². The number of anilines is 2. The van der Waals surface area contributed by atoms with Crippen LogP contribution in [-0.4, -0.2) is 47.0 Å². The molecule has 3 N–H and O–H groups in total. The van der Waals surface area contributed by atoms with Crippen molar-refractivity contribution in [3.63, 3.8) is 0 Å². The van der Waals surface area contributed by atoms with Gasteiger partial charge in [-0.05, 0) is 24.3 Å². The lowest BCUT2D eigenvalue weighted by molar-refractivity contribution is -0.137. The summed E-state index contributed by atoms with van der Waals surface area (Å²) in [6, 6.07) is 7.67. The zero-order chi connectivity index (χ0) is 22.2. The Hall–Kier alpha value is -3.76. The van der Waals surface area contributed by atoms with Gasteiger partial charge in [-0.1, -0.05) is 12.1 Å². The average molecular weight is 433 g/mol. The van der Waals surface area contributed by atoms with Crippen LogP contribution in [0.2, 0.25) is 0 Å². The zero-order valence-electron chi connectivity index (χ0n) is 16.1. The van der Waals surface area contributed by atoms with E-state index in [0.29, 0.717) is 31.9 Å². The van der Waals surface area contributed by atoms with Crippen LogP contribution in [0.15, 0.2) is 51.8 Å². The number of nitrogens with zero attached hydrogens (tertiary/aromatic N) is 3. The number of nitrogen functional groups attached to an aromatic ring is 1. The summed E-state index contributed by atoms with van der Waals surface area (Å²) < 4.78 is 44.4. The first kappa shape index (κ1) is 20.5. The third kappa shape index (κ3) is 4.25. The van der Waals surface area contributed by atoms with Gasteiger partial charge < -0.3 is 20.0 Å². The van der Waals surface area contributed by atoms with Crippen molar-refractivity contribution in [2.24, 2.45) is 0 Å². The molecule has 4 rings (SSSR count). The van der Waals surface area contributed by atoms with Crippen molar-refractivity contribution in [2.75, 3.05) is 36.8 Å². The van der Waals surface area contributed by atoms with E-state index in [1.54, 1.807) is 4.90 Å². The molecule has 0 spiro atoms. The fourth-order valence-electron chi connectivity index (χ4n) is 3.42. The number of alkyl halides is 3. The van der Waals surface area contributed by atoms with Gasteiger partial charge >= 0.3 is 11.9 Å². The van der Waals surface area contributed by atoms with Gasteiger partial charge in [-0.3, -0.25) is 9.78 Å². The number of carbonyl (C=O) groups is 1. The first-order chi connectivity index (χ1) is 14.7. The van der Waals surface area contributed by atoms with Crippen molar-refractivity contribution in [1.29, 1.82) is 0 Å². The lowest BCUT2D eigenvalue weighted by atomic mass is 10.1. The Morgan fingerprint density at radius 1 is 1.13 bits per heavy atom. The van der Waals surface area contributed by atoms with Crippen LogP contribution >= 0.6 is 0 Å². The van der Waals surface area contributed by atoms with Gasteiger partial charge in [0.1, 0.15) is 11.6 Å². The Bertz CT molecular complexity index is 1160. The molecular formula is C20H18F3N5O3. The summed E-state index contributed by atoms with van der Waals surface area (Å²) in [5.41, 5.74) is 5.32. The number of rotatable bonds is 3. The molecule has 1 amide bonds. The number of carbonyl (C=O) groups excluding carboxylic acids is 1. The molecule has 1 aliphatic rings. The molecule has 3 heterocycles. The second-order valence-electron chi connectivity index (χ2n) is 7.01. The van der Waals surface area contributed by atoms with Crippen LogP contribution < -0.4 is 16.3 Å². The quantitative estimate of drug-likeness (QED) is 0.657. The van der Waals surface area contributed by atoms with E-state index in [2.05, 4.69) is 9.97 Å². The lowest BCUT2D eigenvalue weighted by Gasteiger charge is -2.35. The highest BCUT2D eigenvalue weighted by atomic mass is 19.4. The van der Waals surface area contributed by atoms with Gasteiger partial charge in [-0.2, -0.15) is 18.2 Å². The van der Waals surface area contributed by atoms with Crippen molar-refractivity contribution in [3.05, 3.63) is 64.4 Å².